The summed E-state index contributed by atoms with van der Waals surface area (Å²) >= 11 is 0. The summed E-state index contributed by atoms with van der Waals surface area (Å²) in [6.07, 6.45) is 7.21. The number of fused-ring (bicyclic) bond motifs is 1. The van der Waals surface area contributed by atoms with Crippen molar-refractivity contribution in [1.82, 2.24) is 20.9 Å². The monoisotopic (exact) mass is 436 g/mol. The van der Waals surface area contributed by atoms with E-state index < -0.39 is 6.17 Å². The van der Waals surface area contributed by atoms with Crippen molar-refractivity contribution in [2.45, 2.75) is 101 Å². The highest BCUT2D eigenvalue weighted by Crippen LogP contribution is 2.39. The third-order valence-electron chi connectivity index (χ3n) is 8.77. The quantitative estimate of drug-likeness (QED) is 0.631. The van der Waals surface area contributed by atoms with Crippen LogP contribution in [0.15, 0.2) is 0 Å². The maximum Gasteiger partial charge on any atom is 0.407 e. The molecule has 0 aromatic carbocycles. The normalized spacial score (nSPS) is 42.6. The van der Waals surface area contributed by atoms with E-state index in [4.69, 9.17) is 4.74 Å². The molecule has 7 unspecified atom stereocenters. The number of amides is 2. The first kappa shape index (κ1) is 21.4. The molecule has 5 rings (SSSR count). The first-order chi connectivity index (χ1) is 14.9. The average molecular weight is 437 g/mol. The van der Waals surface area contributed by atoms with E-state index in [1.807, 2.05) is 0 Å². The molecule has 3 aliphatic heterocycles. The minimum atomic E-state index is -0.775. The maximum atomic E-state index is 14.4. The van der Waals surface area contributed by atoms with Gasteiger partial charge in [-0.05, 0) is 63.7 Å². The minimum Gasteiger partial charge on any atom is -0.447 e. The third-order valence-corrected chi connectivity index (χ3v) is 8.77. The van der Waals surface area contributed by atoms with Crippen molar-refractivity contribution in [1.29, 1.82) is 0 Å². The van der Waals surface area contributed by atoms with Crippen LogP contribution in [-0.2, 0) is 9.53 Å². The Bertz CT molecular complexity index is 680. The summed E-state index contributed by atoms with van der Waals surface area (Å²) in [4.78, 5) is 27.0. The molecular formula is C23H37FN4O3. The molecule has 0 aromatic heterocycles. The van der Waals surface area contributed by atoms with E-state index in [-0.39, 0.29) is 41.6 Å². The second kappa shape index (κ2) is 8.50. The van der Waals surface area contributed by atoms with E-state index in [0.717, 1.165) is 58.0 Å². The Morgan fingerprint density at radius 3 is 2.71 bits per heavy atom. The van der Waals surface area contributed by atoms with Gasteiger partial charge in [-0.15, -0.1) is 0 Å². The zero-order valence-corrected chi connectivity index (χ0v) is 18.6. The van der Waals surface area contributed by atoms with Crippen LogP contribution >= 0.6 is 0 Å². The fraction of sp³-hybridized carbons (Fsp3) is 0.913. The van der Waals surface area contributed by atoms with Gasteiger partial charge in [0, 0.05) is 37.1 Å². The van der Waals surface area contributed by atoms with Gasteiger partial charge in [-0.1, -0.05) is 6.92 Å². The van der Waals surface area contributed by atoms with Crippen molar-refractivity contribution in [3.05, 3.63) is 0 Å². The van der Waals surface area contributed by atoms with E-state index in [2.05, 4.69) is 27.8 Å². The molecule has 5 fully saturated rings. The highest BCUT2D eigenvalue weighted by molar-refractivity contribution is 5.82. The lowest BCUT2D eigenvalue weighted by molar-refractivity contribution is -0.124. The van der Waals surface area contributed by atoms with E-state index in [1.54, 1.807) is 0 Å². The number of ether oxygens (including phenoxy) is 1. The van der Waals surface area contributed by atoms with Gasteiger partial charge in [-0.25, -0.2) is 9.18 Å². The van der Waals surface area contributed by atoms with Crippen LogP contribution in [0, 0.1) is 11.8 Å². The van der Waals surface area contributed by atoms with Gasteiger partial charge >= 0.3 is 6.09 Å². The number of rotatable bonds is 3. The SMILES string of the molecule is CC1CCC(F)C2CC(C(=O)NC3CCCC(N4CCC5(CC4)COC(=O)N5)C3)NC12. The predicted molar refractivity (Wildman–Crippen MR) is 114 cm³/mol. The van der Waals surface area contributed by atoms with E-state index in [0.29, 0.717) is 31.4 Å². The number of piperidine rings is 1. The Hall–Kier alpha value is -1.41. The second-order valence-corrected chi connectivity index (χ2v) is 10.8. The molecule has 31 heavy (non-hydrogen) atoms. The number of nitrogens with one attached hydrogen (secondary N) is 3. The van der Waals surface area contributed by atoms with Crippen molar-refractivity contribution in [3.8, 4) is 0 Å². The Labute approximate surface area is 184 Å². The van der Waals surface area contributed by atoms with Crippen molar-refractivity contribution >= 4 is 12.0 Å². The molecule has 0 bridgehead atoms. The van der Waals surface area contributed by atoms with E-state index in [1.165, 1.54) is 0 Å². The van der Waals surface area contributed by atoms with Crippen LogP contribution in [0.3, 0.4) is 0 Å². The summed E-state index contributed by atoms with van der Waals surface area (Å²) in [7, 11) is 0. The summed E-state index contributed by atoms with van der Waals surface area (Å²) in [6, 6.07) is 0.554. The van der Waals surface area contributed by atoms with Gasteiger partial charge in [0.2, 0.25) is 5.91 Å². The van der Waals surface area contributed by atoms with Crippen molar-refractivity contribution < 1.29 is 18.7 Å². The van der Waals surface area contributed by atoms with Crippen LogP contribution in [0.1, 0.15) is 64.7 Å². The molecule has 5 aliphatic rings. The molecule has 2 aliphatic carbocycles. The molecule has 0 radical (unpaired) electrons. The lowest BCUT2D eigenvalue weighted by atomic mass is 9.77. The van der Waals surface area contributed by atoms with E-state index in [9.17, 15) is 14.0 Å². The van der Waals surface area contributed by atoms with Crippen LogP contribution < -0.4 is 16.0 Å². The van der Waals surface area contributed by atoms with Gasteiger partial charge in [0.05, 0.1) is 11.6 Å². The van der Waals surface area contributed by atoms with Crippen molar-refractivity contribution in [3.63, 3.8) is 0 Å². The number of alkyl halides is 1. The van der Waals surface area contributed by atoms with Gasteiger partial charge in [0.15, 0.2) is 0 Å². The summed E-state index contributed by atoms with van der Waals surface area (Å²) < 4.78 is 19.5. The fourth-order valence-corrected chi connectivity index (χ4v) is 6.81. The van der Waals surface area contributed by atoms with Crippen LogP contribution in [-0.4, -0.2) is 72.5 Å². The number of nitrogens with zero attached hydrogens (tertiary/aromatic N) is 1. The molecule has 7 atom stereocenters. The summed E-state index contributed by atoms with van der Waals surface area (Å²) in [5.41, 5.74) is -0.174. The fourth-order valence-electron chi connectivity index (χ4n) is 6.81. The Morgan fingerprint density at radius 2 is 2.00 bits per heavy atom. The zero-order valence-electron chi connectivity index (χ0n) is 18.6. The third kappa shape index (κ3) is 4.30. The highest BCUT2D eigenvalue weighted by atomic mass is 19.1. The summed E-state index contributed by atoms with van der Waals surface area (Å²) in [5, 5.41) is 9.76. The number of carbonyl (C=O) groups is 2. The summed E-state index contributed by atoms with van der Waals surface area (Å²) in [5.74, 6) is 0.480. The molecule has 2 saturated carbocycles. The molecule has 3 heterocycles. The maximum absolute atomic E-state index is 14.4. The molecule has 3 saturated heterocycles. The number of cyclic esters (lactones) is 1. The number of carbonyl (C=O) groups excluding carboxylic acids is 2. The Kier molecular flexibility index (Phi) is 5.88. The summed E-state index contributed by atoms with van der Waals surface area (Å²) in [6.45, 7) is 4.57. The number of halogens is 1. The van der Waals surface area contributed by atoms with Crippen LogP contribution in [0.4, 0.5) is 9.18 Å². The molecular weight excluding hydrogens is 399 g/mol. The average Bonchev–Trinajstić information content (AvgIpc) is 3.37. The molecule has 7 nitrogen and oxygen atoms in total. The van der Waals surface area contributed by atoms with E-state index >= 15 is 0 Å². The minimum absolute atomic E-state index is 0.0145. The van der Waals surface area contributed by atoms with Crippen LogP contribution in [0.2, 0.25) is 0 Å². The zero-order chi connectivity index (χ0) is 21.6. The predicted octanol–water partition coefficient (Wildman–Crippen LogP) is 2.10. The lowest BCUT2D eigenvalue weighted by Crippen LogP contribution is -2.56. The largest absolute Gasteiger partial charge is 0.447 e. The molecule has 1 spiro atoms. The van der Waals surface area contributed by atoms with Crippen LogP contribution in [0.25, 0.3) is 0 Å². The van der Waals surface area contributed by atoms with Crippen LogP contribution in [0.5, 0.6) is 0 Å². The molecule has 0 aromatic rings. The number of hydrogen-bond donors (Lipinski definition) is 3. The van der Waals surface area contributed by atoms with Gasteiger partial charge in [-0.2, -0.15) is 0 Å². The Morgan fingerprint density at radius 1 is 1.19 bits per heavy atom. The van der Waals surface area contributed by atoms with Crippen molar-refractivity contribution in [2.75, 3.05) is 19.7 Å². The molecule has 174 valence electrons. The van der Waals surface area contributed by atoms with Gasteiger partial charge in [0.25, 0.3) is 0 Å². The number of hydrogen-bond acceptors (Lipinski definition) is 5. The van der Waals surface area contributed by atoms with Gasteiger partial charge < -0.3 is 25.6 Å². The highest BCUT2D eigenvalue weighted by Gasteiger charge is 2.47. The smallest absolute Gasteiger partial charge is 0.407 e. The van der Waals surface area contributed by atoms with Gasteiger partial charge in [0.1, 0.15) is 12.8 Å². The standard InChI is InChI=1S/C23H37FN4O3/c1-14-5-6-18(24)17-12-19(26-20(14)17)21(29)25-15-3-2-4-16(11-15)28-9-7-23(8-10-28)13-31-22(30)27-23/h14-20,26H,2-13H2,1H3,(H,25,29)(H,27,30). The molecule has 8 heteroatoms. The van der Waals surface area contributed by atoms with Crippen molar-refractivity contribution in [2.24, 2.45) is 11.8 Å². The second-order valence-electron chi connectivity index (χ2n) is 10.8. The Balaban J connectivity index is 1.12. The number of likely N-dealkylation sites (tertiary alicyclic amines) is 1. The number of alkyl carbamates (subject to hydrolysis) is 1. The topological polar surface area (TPSA) is 82.7 Å². The lowest BCUT2D eigenvalue weighted by Gasteiger charge is -2.44. The first-order valence-electron chi connectivity index (χ1n) is 12.3. The molecule has 2 amide bonds. The van der Waals surface area contributed by atoms with Gasteiger partial charge in [-0.3, -0.25) is 4.79 Å². The molecule has 3 N–H and O–H groups in total. The first-order valence-corrected chi connectivity index (χ1v) is 12.3.